The first-order valence-electron chi connectivity index (χ1n) is 7.11. The molecule has 4 heteroatoms. The van der Waals surface area contributed by atoms with Crippen molar-refractivity contribution in [3.05, 3.63) is 33.8 Å². The molecule has 104 valence electrons. The monoisotopic (exact) mass is 298 g/mol. The maximum Gasteiger partial charge on any atom is 0.0465 e. The van der Waals surface area contributed by atoms with Crippen LogP contribution in [0.25, 0.3) is 0 Å². The Kier molecular flexibility index (Phi) is 4.33. The summed E-state index contributed by atoms with van der Waals surface area (Å²) in [5.41, 5.74) is 1.13. The number of benzene rings is 1. The minimum Gasteiger partial charge on any atom is -0.312 e. The van der Waals surface area contributed by atoms with Gasteiger partial charge in [-0.25, -0.2) is 0 Å². The largest absolute Gasteiger partial charge is 0.312 e. The van der Waals surface area contributed by atoms with E-state index < -0.39 is 0 Å². The van der Waals surface area contributed by atoms with Crippen molar-refractivity contribution in [1.29, 1.82) is 0 Å². The fourth-order valence-corrected chi connectivity index (χ4v) is 3.35. The molecule has 0 radical (unpaired) electrons. The summed E-state index contributed by atoms with van der Waals surface area (Å²) in [7, 11) is 0. The lowest BCUT2D eigenvalue weighted by atomic mass is 10.1. The van der Waals surface area contributed by atoms with Gasteiger partial charge in [-0.05, 0) is 56.0 Å². The van der Waals surface area contributed by atoms with Crippen LogP contribution < -0.4 is 5.32 Å². The minimum absolute atomic E-state index is 0.699. The first-order valence-corrected chi connectivity index (χ1v) is 7.86. The molecule has 0 aromatic heterocycles. The van der Waals surface area contributed by atoms with E-state index in [1.54, 1.807) is 0 Å². The quantitative estimate of drug-likeness (QED) is 0.894. The van der Waals surface area contributed by atoms with Crippen LogP contribution in [0.4, 0.5) is 0 Å². The Morgan fingerprint density at radius 2 is 2.05 bits per heavy atom. The summed E-state index contributed by atoms with van der Waals surface area (Å²) < 4.78 is 0. The van der Waals surface area contributed by atoms with Gasteiger partial charge in [0.2, 0.25) is 0 Å². The van der Waals surface area contributed by atoms with E-state index in [0.29, 0.717) is 5.02 Å². The van der Waals surface area contributed by atoms with Crippen molar-refractivity contribution in [2.75, 3.05) is 19.6 Å². The van der Waals surface area contributed by atoms with E-state index >= 15 is 0 Å². The molecule has 1 aliphatic carbocycles. The van der Waals surface area contributed by atoms with Gasteiger partial charge in [0.05, 0.1) is 0 Å². The number of nitrogens with zero attached hydrogens (tertiary/aromatic N) is 1. The zero-order chi connectivity index (χ0) is 13.2. The Hall–Kier alpha value is -0.280. The van der Waals surface area contributed by atoms with Crippen molar-refractivity contribution in [3.63, 3.8) is 0 Å². The molecule has 1 atom stereocenters. The van der Waals surface area contributed by atoms with Crippen LogP contribution in [0.15, 0.2) is 18.2 Å². The average Bonchev–Trinajstić information content (AvgIpc) is 3.13. The Morgan fingerprint density at radius 1 is 1.21 bits per heavy atom. The van der Waals surface area contributed by atoms with Gasteiger partial charge >= 0.3 is 0 Å². The second-order valence-corrected chi connectivity index (χ2v) is 6.59. The third-order valence-electron chi connectivity index (χ3n) is 4.14. The third kappa shape index (κ3) is 3.63. The van der Waals surface area contributed by atoms with Gasteiger partial charge < -0.3 is 10.2 Å². The summed E-state index contributed by atoms with van der Waals surface area (Å²) in [5, 5.41) is 4.98. The van der Waals surface area contributed by atoms with Gasteiger partial charge in [-0.2, -0.15) is 0 Å². The fraction of sp³-hybridized carbons (Fsp3) is 0.600. The van der Waals surface area contributed by atoms with E-state index in [0.717, 1.165) is 35.6 Å². The SMILES string of the molecule is Clc1ccc(CNCC2CCN(C3CC3)C2)c(Cl)c1. The van der Waals surface area contributed by atoms with E-state index in [-0.39, 0.29) is 0 Å². The average molecular weight is 299 g/mol. The Labute approximate surface area is 125 Å². The molecule has 1 aliphatic heterocycles. The number of halogens is 2. The molecule has 0 bridgehead atoms. The molecule has 2 nitrogen and oxygen atoms in total. The maximum atomic E-state index is 6.17. The highest BCUT2D eigenvalue weighted by Gasteiger charge is 2.33. The van der Waals surface area contributed by atoms with Gasteiger partial charge in [0.25, 0.3) is 0 Å². The van der Waals surface area contributed by atoms with Gasteiger partial charge in [0.1, 0.15) is 0 Å². The van der Waals surface area contributed by atoms with Crippen LogP contribution in [-0.2, 0) is 6.54 Å². The molecular formula is C15H20Cl2N2. The van der Waals surface area contributed by atoms with Crippen LogP contribution in [0.1, 0.15) is 24.8 Å². The van der Waals surface area contributed by atoms with Crippen molar-refractivity contribution in [3.8, 4) is 0 Å². The molecule has 19 heavy (non-hydrogen) atoms. The summed E-state index contributed by atoms with van der Waals surface area (Å²) in [6, 6.07) is 6.62. The van der Waals surface area contributed by atoms with Crippen molar-refractivity contribution < 1.29 is 0 Å². The van der Waals surface area contributed by atoms with Gasteiger partial charge in [0, 0.05) is 29.2 Å². The summed E-state index contributed by atoms with van der Waals surface area (Å²) >= 11 is 12.1. The van der Waals surface area contributed by atoms with E-state index in [9.17, 15) is 0 Å². The lowest BCUT2D eigenvalue weighted by molar-refractivity contribution is 0.312. The number of hydrogen-bond donors (Lipinski definition) is 1. The van der Waals surface area contributed by atoms with Crippen molar-refractivity contribution in [2.45, 2.75) is 31.8 Å². The third-order valence-corrected chi connectivity index (χ3v) is 4.73. The predicted octanol–water partition coefficient (Wildman–Crippen LogP) is 3.57. The van der Waals surface area contributed by atoms with E-state index in [1.807, 2.05) is 18.2 Å². The standard InChI is InChI=1S/C15H20Cl2N2/c16-13-2-1-12(15(17)7-13)9-18-8-11-5-6-19(10-11)14-3-4-14/h1-2,7,11,14,18H,3-6,8-10H2. The van der Waals surface area contributed by atoms with Gasteiger partial charge in [-0.15, -0.1) is 0 Å². The molecule has 0 spiro atoms. The van der Waals surface area contributed by atoms with Crippen LogP contribution in [0.5, 0.6) is 0 Å². The molecule has 1 saturated heterocycles. The van der Waals surface area contributed by atoms with Crippen molar-refractivity contribution in [2.24, 2.45) is 5.92 Å². The van der Waals surface area contributed by atoms with Crippen molar-refractivity contribution >= 4 is 23.2 Å². The highest BCUT2D eigenvalue weighted by molar-refractivity contribution is 6.35. The Balaban J connectivity index is 1.43. The molecule has 1 saturated carbocycles. The van der Waals surface area contributed by atoms with Gasteiger partial charge in [0.15, 0.2) is 0 Å². The second-order valence-electron chi connectivity index (χ2n) is 5.75. The highest BCUT2D eigenvalue weighted by atomic mass is 35.5. The first kappa shape index (κ1) is 13.7. The number of nitrogens with one attached hydrogen (secondary N) is 1. The second kappa shape index (κ2) is 6.01. The lowest BCUT2D eigenvalue weighted by Crippen LogP contribution is -2.27. The number of likely N-dealkylation sites (tertiary alicyclic amines) is 1. The van der Waals surface area contributed by atoms with Gasteiger partial charge in [-0.1, -0.05) is 29.3 Å². The van der Waals surface area contributed by atoms with Crippen LogP contribution in [0.3, 0.4) is 0 Å². The summed E-state index contributed by atoms with van der Waals surface area (Å²) in [6.45, 7) is 4.48. The summed E-state index contributed by atoms with van der Waals surface area (Å²) in [5.74, 6) is 0.798. The Bertz CT molecular complexity index is 446. The Morgan fingerprint density at radius 3 is 2.79 bits per heavy atom. The zero-order valence-corrected chi connectivity index (χ0v) is 12.6. The molecule has 2 aliphatic rings. The predicted molar refractivity (Wildman–Crippen MR) is 80.9 cm³/mol. The van der Waals surface area contributed by atoms with E-state index in [1.165, 1.54) is 32.4 Å². The molecule has 2 fully saturated rings. The van der Waals surface area contributed by atoms with Crippen LogP contribution in [0.2, 0.25) is 10.0 Å². The fourth-order valence-electron chi connectivity index (χ4n) is 2.88. The van der Waals surface area contributed by atoms with E-state index in [2.05, 4.69) is 10.2 Å². The molecule has 1 N–H and O–H groups in total. The lowest BCUT2D eigenvalue weighted by Gasteiger charge is -2.15. The minimum atomic E-state index is 0.699. The molecule has 1 aromatic rings. The summed E-state index contributed by atoms with van der Waals surface area (Å²) in [6.07, 6.45) is 4.17. The molecular weight excluding hydrogens is 279 g/mol. The van der Waals surface area contributed by atoms with Crippen LogP contribution in [0, 0.1) is 5.92 Å². The van der Waals surface area contributed by atoms with Crippen LogP contribution in [-0.4, -0.2) is 30.6 Å². The summed E-state index contributed by atoms with van der Waals surface area (Å²) in [4.78, 5) is 2.65. The molecule has 0 amide bonds. The zero-order valence-electron chi connectivity index (χ0n) is 11.0. The molecule has 3 rings (SSSR count). The smallest absolute Gasteiger partial charge is 0.0465 e. The maximum absolute atomic E-state index is 6.17. The first-order chi connectivity index (χ1) is 9.22. The number of rotatable bonds is 5. The highest BCUT2D eigenvalue weighted by Crippen LogP contribution is 2.31. The van der Waals surface area contributed by atoms with Crippen LogP contribution >= 0.6 is 23.2 Å². The molecule has 1 heterocycles. The van der Waals surface area contributed by atoms with Gasteiger partial charge in [-0.3, -0.25) is 0 Å². The molecule has 1 aromatic carbocycles. The number of hydrogen-bond acceptors (Lipinski definition) is 2. The topological polar surface area (TPSA) is 15.3 Å². The molecule has 1 unspecified atom stereocenters. The van der Waals surface area contributed by atoms with E-state index in [4.69, 9.17) is 23.2 Å². The van der Waals surface area contributed by atoms with Crippen molar-refractivity contribution in [1.82, 2.24) is 10.2 Å². The normalized spacial score (nSPS) is 24.0.